The van der Waals surface area contributed by atoms with E-state index in [2.05, 4.69) is 91.0 Å². The van der Waals surface area contributed by atoms with E-state index in [0.717, 1.165) is 24.1 Å². The molecule has 0 amide bonds. The van der Waals surface area contributed by atoms with Gasteiger partial charge in [-0.3, -0.25) is 4.79 Å². The second kappa shape index (κ2) is 12.2. The summed E-state index contributed by atoms with van der Waals surface area (Å²) in [4.78, 5) is 12.9. The lowest BCUT2D eigenvalue weighted by molar-refractivity contribution is -0.248. The lowest BCUT2D eigenvalue weighted by Crippen LogP contribution is -3.00. The number of nitrogens with zero attached hydrogens (tertiary/aromatic N) is 1. The van der Waals surface area contributed by atoms with Crippen molar-refractivity contribution in [2.75, 3.05) is 12.8 Å². The highest BCUT2D eigenvalue weighted by Gasteiger charge is 2.55. The predicted octanol–water partition coefficient (Wildman–Crippen LogP) is 2.53. The van der Waals surface area contributed by atoms with Crippen molar-refractivity contribution in [2.24, 2.45) is 5.92 Å². The van der Waals surface area contributed by atoms with Crippen LogP contribution in [0.1, 0.15) is 47.0 Å². The quantitative estimate of drug-likeness (QED) is 0.221. The maximum Gasteiger partial charge on any atom is 0.310 e. The molecule has 1 saturated heterocycles. The van der Waals surface area contributed by atoms with Crippen LogP contribution >= 0.6 is 7.26 Å². The van der Waals surface area contributed by atoms with Crippen molar-refractivity contribution in [3.63, 3.8) is 0 Å². The van der Waals surface area contributed by atoms with Gasteiger partial charge in [-0.25, -0.2) is 0 Å². The molecule has 1 aliphatic rings. The Morgan fingerprint density at radius 3 is 1.62 bits per heavy atom. The minimum absolute atomic E-state index is 0. The summed E-state index contributed by atoms with van der Waals surface area (Å²) in [5.74, 6) is -0.656. The number of halogens is 1. The second-order valence-electron chi connectivity index (χ2n) is 10.9. The average Bonchev–Trinajstić information content (AvgIpc) is 3.06. The molecule has 6 heteroatoms. The van der Waals surface area contributed by atoms with E-state index in [4.69, 9.17) is 4.74 Å². The van der Waals surface area contributed by atoms with Crippen LogP contribution in [-0.4, -0.2) is 34.9 Å². The van der Waals surface area contributed by atoms with Gasteiger partial charge in [-0.2, -0.15) is 0 Å². The number of benzene rings is 3. The van der Waals surface area contributed by atoms with Crippen LogP contribution in [0.2, 0.25) is 0 Å². The zero-order chi connectivity index (χ0) is 25.8. The molecule has 1 aliphatic heterocycles. The Morgan fingerprint density at radius 2 is 1.24 bits per heavy atom. The van der Waals surface area contributed by atoms with Gasteiger partial charge in [-0.15, -0.1) is 10.3 Å². The van der Waals surface area contributed by atoms with Crippen molar-refractivity contribution < 1.29 is 31.7 Å². The first-order valence-electron chi connectivity index (χ1n) is 12.9. The molecule has 0 aromatic heterocycles. The van der Waals surface area contributed by atoms with Gasteiger partial charge in [0.05, 0.1) is 24.2 Å². The van der Waals surface area contributed by atoms with Gasteiger partial charge in [0.2, 0.25) is 0 Å². The van der Waals surface area contributed by atoms with E-state index in [0.29, 0.717) is 13.0 Å². The van der Waals surface area contributed by atoms with E-state index in [1.165, 1.54) is 15.9 Å². The first-order chi connectivity index (χ1) is 17.2. The van der Waals surface area contributed by atoms with E-state index in [9.17, 15) is 10.0 Å². The molecular weight excluding hydrogens is 545 g/mol. The lowest BCUT2D eigenvalue weighted by Gasteiger charge is -2.33. The molecule has 0 bridgehead atoms. The van der Waals surface area contributed by atoms with Gasteiger partial charge in [0.25, 0.3) is 0 Å². The third-order valence-corrected chi connectivity index (χ3v) is 12.2. The fourth-order valence-corrected chi connectivity index (χ4v) is 10.1. The Kier molecular flexibility index (Phi) is 9.74. The molecule has 0 saturated carbocycles. The smallest absolute Gasteiger partial charge is 0.310 e. The monoisotopic (exact) mass is 582 g/mol. The number of unbranched alkanes of at least 4 members (excludes halogenated alkanes) is 1. The van der Waals surface area contributed by atoms with Crippen molar-refractivity contribution in [3.05, 3.63) is 91.0 Å². The highest BCUT2D eigenvalue weighted by atomic mass is 79.9. The summed E-state index contributed by atoms with van der Waals surface area (Å²) < 4.78 is 5.74. The Morgan fingerprint density at radius 1 is 0.811 bits per heavy atom. The Labute approximate surface area is 233 Å². The summed E-state index contributed by atoms with van der Waals surface area (Å²) in [5, 5.41) is 17.8. The normalized spacial score (nSPS) is 18.7. The molecule has 1 heterocycles. The van der Waals surface area contributed by atoms with Gasteiger partial charge in [0.1, 0.15) is 23.2 Å². The zero-order valence-electron chi connectivity index (χ0n) is 22.3. The first kappa shape index (κ1) is 29.5. The Balaban J connectivity index is 0.00000380. The van der Waals surface area contributed by atoms with Crippen molar-refractivity contribution in [2.45, 2.75) is 58.0 Å². The predicted molar refractivity (Wildman–Crippen MR) is 149 cm³/mol. The van der Waals surface area contributed by atoms with Crippen LogP contribution in [0.15, 0.2) is 91.0 Å². The number of ether oxygens (including phenoxy) is 1. The van der Waals surface area contributed by atoms with Crippen molar-refractivity contribution in [1.82, 2.24) is 5.06 Å². The number of rotatable bonds is 9. The van der Waals surface area contributed by atoms with Gasteiger partial charge in [-0.05, 0) is 83.4 Å². The van der Waals surface area contributed by atoms with Crippen molar-refractivity contribution in [1.29, 1.82) is 0 Å². The van der Waals surface area contributed by atoms with Crippen LogP contribution in [0.4, 0.5) is 0 Å². The maximum atomic E-state index is 12.9. The summed E-state index contributed by atoms with van der Waals surface area (Å²) in [6.45, 7) is 7.87. The molecule has 197 valence electrons. The van der Waals surface area contributed by atoms with Crippen molar-refractivity contribution >= 4 is 29.1 Å². The number of carbonyl (C=O) groups is 1. The fourth-order valence-electron chi connectivity index (χ4n) is 5.73. The van der Waals surface area contributed by atoms with Crippen LogP contribution in [0.5, 0.6) is 0 Å². The van der Waals surface area contributed by atoms with Crippen LogP contribution < -0.4 is 32.9 Å². The highest BCUT2D eigenvalue weighted by Crippen LogP contribution is 2.56. The minimum Gasteiger partial charge on any atom is -1.00 e. The molecule has 1 fully saturated rings. The van der Waals surface area contributed by atoms with E-state index >= 15 is 0 Å². The average molecular weight is 584 g/mol. The van der Waals surface area contributed by atoms with Crippen LogP contribution in [0.3, 0.4) is 0 Å². The van der Waals surface area contributed by atoms with E-state index in [1.807, 2.05) is 27.7 Å². The largest absolute Gasteiger partial charge is 1.00 e. The lowest BCUT2D eigenvalue weighted by atomic mass is 9.87. The first-order valence-corrected chi connectivity index (χ1v) is 14.9. The molecule has 4 nitrogen and oxygen atoms in total. The number of hydrogen-bond acceptors (Lipinski definition) is 3. The summed E-state index contributed by atoms with van der Waals surface area (Å²) in [7, 11) is -1.87. The van der Waals surface area contributed by atoms with E-state index in [-0.39, 0.29) is 23.0 Å². The van der Waals surface area contributed by atoms with Crippen LogP contribution in [0, 0.1) is 5.92 Å². The highest BCUT2D eigenvalue weighted by molar-refractivity contribution is 7.95. The van der Waals surface area contributed by atoms with Gasteiger partial charge >= 0.3 is 5.97 Å². The maximum absolute atomic E-state index is 12.9. The number of hydroxylamine groups is 2. The molecule has 1 atom stereocenters. The Hall–Kier alpha value is -2.04. The molecule has 0 N–H and O–H groups in total. The summed E-state index contributed by atoms with van der Waals surface area (Å²) in [6, 6.07) is 32.5. The Bertz CT molecular complexity index is 1040. The molecule has 37 heavy (non-hydrogen) atoms. The molecule has 3 aromatic rings. The zero-order valence-corrected chi connectivity index (χ0v) is 24.8. The topological polar surface area (TPSA) is 49.4 Å². The SMILES string of the molecule is CC1(C)CC(C(=O)OCCCC[P+](c2ccccc2)(c2ccccc2)c2ccccc2)C(C)(C)N1[O].[Br-]. The van der Waals surface area contributed by atoms with Gasteiger partial charge < -0.3 is 21.7 Å². The second-order valence-corrected chi connectivity index (χ2v) is 14.5. The molecule has 1 unspecified atom stereocenters. The molecule has 0 spiro atoms. The van der Waals surface area contributed by atoms with Crippen LogP contribution in [-0.2, 0) is 14.7 Å². The number of hydrogen-bond donors (Lipinski definition) is 0. The fraction of sp³-hybridized carbons (Fsp3) is 0.387. The molecule has 0 aliphatic carbocycles. The third-order valence-electron chi connectivity index (χ3n) is 7.64. The third kappa shape index (κ3) is 6.01. The van der Waals surface area contributed by atoms with E-state index in [1.54, 1.807) is 0 Å². The van der Waals surface area contributed by atoms with Gasteiger partial charge in [0, 0.05) is 5.54 Å². The molecule has 4 rings (SSSR count). The van der Waals surface area contributed by atoms with Gasteiger partial charge in [0.15, 0.2) is 0 Å². The standard InChI is InChI=1S/C31H38NO3P.BrH/c1-30(2)24-28(31(3,4)32(30)34)29(33)35-22-14-15-23-36(25-16-8-5-9-17-25,26-18-10-6-11-19-26)27-20-12-7-13-21-27;/h5-13,16-21,28H,14-15,22-24H2,1-4H3;1H/q+1;/p-1. The number of esters is 1. The summed E-state index contributed by atoms with van der Waals surface area (Å²) in [6.07, 6.45) is 3.25. The van der Waals surface area contributed by atoms with Gasteiger partial charge in [-0.1, -0.05) is 54.6 Å². The molecular formula is C31H38BrNO3P. The van der Waals surface area contributed by atoms with Crippen molar-refractivity contribution in [3.8, 4) is 0 Å². The minimum atomic E-state index is -1.87. The summed E-state index contributed by atoms with van der Waals surface area (Å²) >= 11 is 0. The van der Waals surface area contributed by atoms with E-state index < -0.39 is 24.3 Å². The number of carbonyl (C=O) groups excluding carboxylic acids is 1. The summed E-state index contributed by atoms with van der Waals surface area (Å²) in [5.41, 5.74) is -1.31. The van der Waals surface area contributed by atoms with Crippen LogP contribution in [0.25, 0.3) is 0 Å². The molecule has 1 radical (unpaired) electrons. The molecule has 3 aromatic carbocycles.